The molecule has 1 N–H and O–H groups in total. The normalized spacial score (nSPS) is 10.8. The van der Waals surface area contributed by atoms with Crippen molar-refractivity contribution < 1.29 is 14.6 Å². The average molecular weight is 305 g/mol. The lowest BCUT2D eigenvalue weighted by Crippen LogP contribution is -2.26. The number of carboxylic acids is 1. The third-order valence-corrected chi connectivity index (χ3v) is 3.28. The minimum absolute atomic E-state index is 0.0504. The highest BCUT2D eigenvalue weighted by Crippen LogP contribution is 2.14. The Bertz CT molecular complexity index is 718. The maximum Gasteiger partial charge on any atom is 0.364 e. The van der Waals surface area contributed by atoms with Gasteiger partial charge in [-0.1, -0.05) is 12.1 Å². The number of carbonyl (C=O) groups is 1. The van der Waals surface area contributed by atoms with Gasteiger partial charge in [0.25, 0.3) is 0 Å². The fourth-order valence-corrected chi connectivity index (χ4v) is 2.10. The van der Waals surface area contributed by atoms with Crippen LogP contribution in [-0.2, 0) is 16.1 Å². The Morgan fingerprint density at radius 2 is 2.09 bits per heavy atom. The molecular formula is C15H19N3O4. The number of carboxylic acid groups (broad SMARTS) is 1. The zero-order valence-electron chi connectivity index (χ0n) is 12.7. The van der Waals surface area contributed by atoms with Crippen LogP contribution < -0.4 is 5.69 Å². The molecule has 7 nitrogen and oxygen atoms in total. The fourth-order valence-electron chi connectivity index (χ4n) is 2.10. The maximum atomic E-state index is 11.9. The first kappa shape index (κ1) is 16.0. The van der Waals surface area contributed by atoms with Crippen LogP contribution in [-0.4, -0.2) is 38.6 Å². The molecule has 0 radical (unpaired) electrons. The van der Waals surface area contributed by atoms with E-state index in [4.69, 9.17) is 9.84 Å². The molecule has 2 aromatic rings. The molecule has 0 atom stereocenters. The largest absolute Gasteiger partial charge is 0.481 e. The van der Waals surface area contributed by atoms with Crippen molar-refractivity contribution in [3.8, 4) is 5.69 Å². The molecule has 22 heavy (non-hydrogen) atoms. The standard InChI is InChI=1S/C15H19N3O4/c1-11-3-4-12(2)13(9-11)18-10-16-15(21)17(18)6-8-22-7-5-14(19)20/h3-4,9-10H,5-8H2,1-2H3,(H,19,20). The third-order valence-electron chi connectivity index (χ3n) is 3.28. The van der Waals surface area contributed by atoms with Crippen molar-refractivity contribution in [3.63, 3.8) is 0 Å². The van der Waals surface area contributed by atoms with Crippen molar-refractivity contribution in [3.05, 3.63) is 46.1 Å². The molecule has 0 saturated carbocycles. The number of benzene rings is 1. The second-order valence-electron chi connectivity index (χ2n) is 5.04. The minimum Gasteiger partial charge on any atom is -0.481 e. The van der Waals surface area contributed by atoms with Crippen molar-refractivity contribution in [1.29, 1.82) is 0 Å². The molecule has 0 spiro atoms. The molecule has 0 bridgehead atoms. The van der Waals surface area contributed by atoms with Gasteiger partial charge < -0.3 is 9.84 Å². The number of aliphatic carboxylic acids is 1. The van der Waals surface area contributed by atoms with Crippen molar-refractivity contribution >= 4 is 5.97 Å². The van der Waals surface area contributed by atoms with Gasteiger partial charge in [-0.05, 0) is 31.0 Å². The summed E-state index contributed by atoms with van der Waals surface area (Å²) >= 11 is 0. The van der Waals surface area contributed by atoms with E-state index in [2.05, 4.69) is 4.98 Å². The number of hydrogen-bond donors (Lipinski definition) is 1. The van der Waals surface area contributed by atoms with Gasteiger partial charge in [-0.25, -0.2) is 14.2 Å². The molecule has 2 rings (SSSR count). The van der Waals surface area contributed by atoms with Crippen molar-refractivity contribution in [2.45, 2.75) is 26.8 Å². The van der Waals surface area contributed by atoms with Crippen LogP contribution in [0, 0.1) is 13.8 Å². The van der Waals surface area contributed by atoms with Crippen molar-refractivity contribution in [1.82, 2.24) is 14.3 Å². The monoisotopic (exact) mass is 305 g/mol. The molecule has 0 amide bonds. The summed E-state index contributed by atoms with van der Waals surface area (Å²) in [5, 5.41) is 8.54. The number of aromatic nitrogens is 3. The first-order chi connectivity index (χ1) is 10.5. The van der Waals surface area contributed by atoms with Gasteiger partial charge in [0.1, 0.15) is 6.33 Å². The molecule has 0 unspecified atom stereocenters. The first-order valence-corrected chi connectivity index (χ1v) is 7.00. The summed E-state index contributed by atoms with van der Waals surface area (Å²) in [6, 6.07) is 5.98. The van der Waals surface area contributed by atoms with Crippen molar-refractivity contribution in [2.24, 2.45) is 0 Å². The van der Waals surface area contributed by atoms with Crippen molar-refractivity contribution in [2.75, 3.05) is 13.2 Å². The highest BCUT2D eigenvalue weighted by Gasteiger charge is 2.09. The molecule has 0 aliphatic heterocycles. The SMILES string of the molecule is Cc1ccc(C)c(-n2cnc(=O)n2CCOCCC(=O)O)c1. The molecule has 0 aliphatic carbocycles. The van der Waals surface area contributed by atoms with Gasteiger partial charge in [0, 0.05) is 0 Å². The molecule has 1 aromatic carbocycles. The second kappa shape index (κ2) is 7.04. The van der Waals surface area contributed by atoms with E-state index in [1.165, 1.54) is 11.0 Å². The Morgan fingerprint density at radius 3 is 2.82 bits per heavy atom. The molecule has 0 fully saturated rings. The van der Waals surface area contributed by atoms with Crippen LogP contribution in [0.3, 0.4) is 0 Å². The Hall–Kier alpha value is -2.41. The molecule has 7 heteroatoms. The van der Waals surface area contributed by atoms with E-state index >= 15 is 0 Å². The summed E-state index contributed by atoms with van der Waals surface area (Å²) in [6.45, 7) is 4.64. The minimum atomic E-state index is -0.905. The number of hydrogen-bond acceptors (Lipinski definition) is 4. The number of rotatable bonds is 7. The summed E-state index contributed by atoms with van der Waals surface area (Å²) in [7, 11) is 0. The number of ether oxygens (including phenoxy) is 1. The topological polar surface area (TPSA) is 86.4 Å². The lowest BCUT2D eigenvalue weighted by atomic mass is 10.1. The van der Waals surface area contributed by atoms with Gasteiger partial charge in [-0.3, -0.25) is 4.79 Å². The fraction of sp³-hybridized carbons (Fsp3) is 0.400. The van der Waals surface area contributed by atoms with Gasteiger partial charge in [-0.15, -0.1) is 0 Å². The highest BCUT2D eigenvalue weighted by molar-refractivity contribution is 5.66. The first-order valence-electron chi connectivity index (χ1n) is 7.00. The highest BCUT2D eigenvalue weighted by atomic mass is 16.5. The Morgan fingerprint density at radius 1 is 1.32 bits per heavy atom. The van der Waals surface area contributed by atoms with Gasteiger partial charge in [-0.2, -0.15) is 4.98 Å². The molecule has 1 heterocycles. The summed E-state index contributed by atoms with van der Waals surface area (Å²) in [5.74, 6) is -0.905. The summed E-state index contributed by atoms with van der Waals surface area (Å²) < 4.78 is 8.41. The summed E-state index contributed by atoms with van der Waals surface area (Å²) in [6.07, 6.45) is 1.44. The Balaban J connectivity index is 2.13. The number of aryl methyl sites for hydroxylation is 2. The van der Waals surface area contributed by atoms with Crippen LogP contribution in [0.25, 0.3) is 5.69 Å². The van der Waals surface area contributed by atoms with Crippen LogP contribution in [0.5, 0.6) is 0 Å². The lowest BCUT2D eigenvalue weighted by molar-refractivity contribution is -0.138. The molecule has 0 aliphatic rings. The van der Waals surface area contributed by atoms with Gasteiger partial charge in [0.2, 0.25) is 0 Å². The van der Waals surface area contributed by atoms with E-state index in [0.717, 1.165) is 16.8 Å². The van der Waals surface area contributed by atoms with Crippen LogP contribution in [0.15, 0.2) is 29.3 Å². The maximum absolute atomic E-state index is 11.9. The predicted octanol–water partition coefficient (Wildman–Crippen LogP) is 1.14. The van der Waals surface area contributed by atoms with E-state index in [1.54, 1.807) is 4.68 Å². The molecular weight excluding hydrogens is 286 g/mol. The summed E-state index contributed by atoms with van der Waals surface area (Å²) in [4.78, 5) is 26.1. The second-order valence-corrected chi connectivity index (χ2v) is 5.04. The Kier molecular flexibility index (Phi) is 5.11. The molecule has 118 valence electrons. The van der Waals surface area contributed by atoms with Gasteiger partial charge in [0.15, 0.2) is 0 Å². The summed E-state index contributed by atoms with van der Waals surface area (Å²) in [5.41, 5.74) is 2.65. The third kappa shape index (κ3) is 3.82. The van der Waals surface area contributed by atoms with Gasteiger partial charge in [0.05, 0.1) is 31.9 Å². The average Bonchev–Trinajstić information content (AvgIpc) is 2.82. The number of nitrogens with zero attached hydrogens (tertiary/aromatic N) is 3. The Labute approximate surface area is 127 Å². The van der Waals surface area contributed by atoms with E-state index in [1.807, 2.05) is 32.0 Å². The quantitative estimate of drug-likeness (QED) is 0.775. The zero-order valence-corrected chi connectivity index (χ0v) is 12.7. The van der Waals surface area contributed by atoms with Crippen LogP contribution in [0.4, 0.5) is 0 Å². The smallest absolute Gasteiger partial charge is 0.364 e. The molecule has 1 aromatic heterocycles. The van der Waals surface area contributed by atoms with Gasteiger partial charge >= 0.3 is 11.7 Å². The van der Waals surface area contributed by atoms with E-state index in [9.17, 15) is 9.59 Å². The van der Waals surface area contributed by atoms with Crippen LogP contribution >= 0.6 is 0 Å². The van der Waals surface area contributed by atoms with Crippen LogP contribution in [0.1, 0.15) is 17.5 Å². The molecule has 0 saturated heterocycles. The van der Waals surface area contributed by atoms with Crippen LogP contribution in [0.2, 0.25) is 0 Å². The van der Waals surface area contributed by atoms with E-state index < -0.39 is 5.97 Å². The lowest BCUT2D eigenvalue weighted by Gasteiger charge is -2.13. The zero-order chi connectivity index (χ0) is 16.1. The van der Waals surface area contributed by atoms with E-state index in [-0.39, 0.29) is 25.3 Å². The van der Waals surface area contributed by atoms with E-state index in [0.29, 0.717) is 6.54 Å². The predicted molar refractivity (Wildman–Crippen MR) is 80.4 cm³/mol.